The fraction of sp³-hybridized carbons (Fsp3) is 0.324. The van der Waals surface area contributed by atoms with Crippen molar-refractivity contribution in [1.82, 2.24) is 4.98 Å². The second-order valence-electron chi connectivity index (χ2n) is 10.6. The topological polar surface area (TPSA) is 117 Å². The molecular weight excluding hydrogens is 596 g/mol. The summed E-state index contributed by atoms with van der Waals surface area (Å²) in [6.45, 7) is 5.69. The Labute approximate surface area is 264 Å². The zero-order valence-corrected chi connectivity index (χ0v) is 26.1. The Balaban J connectivity index is 1.49. The molecule has 1 N–H and O–H groups in total. The number of thiazole rings is 1. The fourth-order valence-electron chi connectivity index (χ4n) is 5.43. The van der Waals surface area contributed by atoms with E-state index in [-0.39, 0.29) is 11.3 Å². The van der Waals surface area contributed by atoms with Crippen molar-refractivity contribution in [1.29, 1.82) is 0 Å². The molecule has 234 valence electrons. The van der Waals surface area contributed by atoms with Gasteiger partial charge in [0.2, 0.25) is 0 Å². The largest absolute Gasteiger partial charge is 0.507 e. The molecule has 0 bridgehead atoms. The number of aliphatic hydroxyl groups is 1. The average molecular weight is 631 g/mol. The predicted octanol–water partition coefficient (Wildman–Crippen LogP) is 6.67. The van der Waals surface area contributed by atoms with Crippen LogP contribution in [0.1, 0.15) is 50.3 Å². The molecule has 1 fully saturated rings. The first-order chi connectivity index (χ1) is 21.9. The van der Waals surface area contributed by atoms with Crippen LogP contribution < -0.4 is 28.6 Å². The van der Waals surface area contributed by atoms with Gasteiger partial charge in [0.05, 0.1) is 42.2 Å². The van der Waals surface area contributed by atoms with Gasteiger partial charge in [-0.2, -0.15) is 0 Å². The molecule has 11 heteroatoms. The number of anilines is 1. The van der Waals surface area contributed by atoms with Crippen molar-refractivity contribution in [2.24, 2.45) is 0 Å². The van der Waals surface area contributed by atoms with Crippen molar-refractivity contribution in [2.45, 2.75) is 39.2 Å². The van der Waals surface area contributed by atoms with Crippen molar-refractivity contribution in [3.8, 4) is 28.7 Å². The van der Waals surface area contributed by atoms with E-state index in [2.05, 4.69) is 6.92 Å². The Morgan fingerprint density at radius 2 is 1.80 bits per heavy atom. The maximum absolute atomic E-state index is 13.8. The fourth-order valence-corrected chi connectivity index (χ4v) is 6.45. The zero-order valence-electron chi connectivity index (χ0n) is 25.3. The second kappa shape index (κ2) is 13.1. The summed E-state index contributed by atoms with van der Waals surface area (Å²) >= 11 is 1.25. The first-order valence-corrected chi connectivity index (χ1v) is 15.8. The van der Waals surface area contributed by atoms with Gasteiger partial charge in [0.1, 0.15) is 24.7 Å². The summed E-state index contributed by atoms with van der Waals surface area (Å²) in [6, 6.07) is 14.6. The first kappa shape index (κ1) is 30.3. The Kier molecular flexibility index (Phi) is 8.79. The van der Waals surface area contributed by atoms with Gasteiger partial charge in [-0.05, 0) is 67.4 Å². The highest BCUT2D eigenvalue weighted by atomic mass is 32.1. The molecule has 0 aliphatic carbocycles. The van der Waals surface area contributed by atoms with Crippen molar-refractivity contribution in [3.63, 3.8) is 0 Å². The van der Waals surface area contributed by atoms with E-state index in [1.165, 1.54) is 16.2 Å². The van der Waals surface area contributed by atoms with E-state index in [0.29, 0.717) is 77.0 Å². The summed E-state index contributed by atoms with van der Waals surface area (Å²) in [4.78, 5) is 33.7. The molecule has 1 amide bonds. The molecule has 0 saturated carbocycles. The van der Waals surface area contributed by atoms with Crippen molar-refractivity contribution in [2.75, 3.05) is 38.4 Å². The third kappa shape index (κ3) is 5.87. The number of aliphatic hydroxyl groups excluding tert-OH is 1. The molecule has 3 heterocycles. The number of ketones is 1. The molecule has 1 unspecified atom stereocenters. The maximum Gasteiger partial charge on any atom is 0.301 e. The highest BCUT2D eigenvalue weighted by Gasteiger charge is 2.48. The van der Waals surface area contributed by atoms with Crippen LogP contribution in [0.15, 0.2) is 60.2 Å². The van der Waals surface area contributed by atoms with Gasteiger partial charge in [-0.15, -0.1) is 0 Å². The lowest BCUT2D eigenvalue weighted by molar-refractivity contribution is -0.132. The summed E-state index contributed by atoms with van der Waals surface area (Å²) in [5, 5.41) is 12.0. The minimum absolute atomic E-state index is 0.0763. The Morgan fingerprint density at radius 3 is 2.58 bits per heavy atom. The number of Topliss-reactive ketones (excluding diaryl/α,β-unsaturated/α-hetero) is 1. The summed E-state index contributed by atoms with van der Waals surface area (Å²) in [7, 11) is 1.58. The van der Waals surface area contributed by atoms with Gasteiger partial charge >= 0.3 is 5.91 Å². The van der Waals surface area contributed by atoms with E-state index in [9.17, 15) is 14.7 Å². The smallest absolute Gasteiger partial charge is 0.301 e. The van der Waals surface area contributed by atoms with Crippen LogP contribution in [0, 0.1) is 0 Å². The molecule has 3 aromatic carbocycles. The molecule has 2 aliphatic rings. The standard InChI is InChI=1S/C34H34N2O8S/c1-4-6-7-14-42-24-12-8-20(17-26(24)41-5-2)30-29(31(37)21-9-13-25-27(18-21)44-16-15-43-25)32(38)33(39)36(30)34-35-23-11-10-22(40-3)19-28(23)45-34/h8-13,17-19,30,37H,4-7,14-16H2,1-3H3/b31-29+. The third-order valence-corrected chi connectivity index (χ3v) is 8.66. The van der Waals surface area contributed by atoms with E-state index in [4.69, 9.17) is 28.7 Å². The molecule has 10 nitrogen and oxygen atoms in total. The lowest BCUT2D eigenvalue weighted by Crippen LogP contribution is -2.29. The molecule has 0 spiro atoms. The molecule has 0 radical (unpaired) electrons. The van der Waals surface area contributed by atoms with Crippen LogP contribution in [0.4, 0.5) is 5.13 Å². The highest BCUT2D eigenvalue weighted by molar-refractivity contribution is 7.22. The van der Waals surface area contributed by atoms with Crippen molar-refractivity contribution < 1.29 is 38.4 Å². The maximum atomic E-state index is 13.8. The van der Waals surface area contributed by atoms with Gasteiger partial charge in [0.25, 0.3) is 5.78 Å². The van der Waals surface area contributed by atoms with Crippen LogP contribution in [-0.4, -0.2) is 55.3 Å². The predicted molar refractivity (Wildman–Crippen MR) is 171 cm³/mol. The summed E-state index contributed by atoms with van der Waals surface area (Å²) in [5.74, 6) is 0.697. The van der Waals surface area contributed by atoms with E-state index in [1.54, 1.807) is 55.6 Å². The van der Waals surface area contributed by atoms with Crippen LogP contribution in [0.25, 0.3) is 16.0 Å². The minimum atomic E-state index is -1.01. The van der Waals surface area contributed by atoms with E-state index in [1.807, 2.05) is 13.0 Å². The highest BCUT2D eigenvalue weighted by Crippen LogP contribution is 2.47. The summed E-state index contributed by atoms with van der Waals surface area (Å²) in [5.41, 5.74) is 1.44. The lowest BCUT2D eigenvalue weighted by Gasteiger charge is -2.24. The zero-order chi connectivity index (χ0) is 31.5. The van der Waals surface area contributed by atoms with E-state index < -0.39 is 17.7 Å². The molecule has 1 atom stereocenters. The molecule has 45 heavy (non-hydrogen) atoms. The number of benzene rings is 3. The van der Waals surface area contributed by atoms with Crippen LogP contribution >= 0.6 is 11.3 Å². The number of aromatic nitrogens is 1. The molecule has 1 aromatic heterocycles. The van der Waals surface area contributed by atoms with Crippen LogP contribution in [0.5, 0.6) is 28.7 Å². The van der Waals surface area contributed by atoms with Gasteiger partial charge in [-0.1, -0.05) is 37.2 Å². The van der Waals surface area contributed by atoms with E-state index in [0.717, 1.165) is 24.0 Å². The molecule has 4 aromatic rings. The molecular formula is C34H34N2O8S. The number of hydrogen-bond acceptors (Lipinski definition) is 10. The first-order valence-electron chi connectivity index (χ1n) is 15.0. The van der Waals surface area contributed by atoms with Gasteiger partial charge in [-0.3, -0.25) is 14.5 Å². The Morgan fingerprint density at radius 1 is 0.978 bits per heavy atom. The Hall–Kier alpha value is -4.77. The number of carbonyl (C=O) groups excluding carboxylic acids is 2. The third-order valence-electron chi connectivity index (χ3n) is 7.64. The average Bonchev–Trinajstić information content (AvgIpc) is 3.60. The van der Waals surface area contributed by atoms with E-state index >= 15 is 0 Å². The number of rotatable bonds is 11. The number of ether oxygens (including phenoxy) is 5. The summed E-state index contributed by atoms with van der Waals surface area (Å²) < 4.78 is 29.5. The number of amides is 1. The number of unbranched alkanes of at least 4 members (excludes halogenated alkanes) is 2. The Bertz CT molecular complexity index is 1780. The van der Waals surface area contributed by atoms with Gasteiger partial charge in [0, 0.05) is 5.56 Å². The van der Waals surface area contributed by atoms with Crippen molar-refractivity contribution >= 4 is 44.1 Å². The lowest BCUT2D eigenvalue weighted by atomic mass is 9.95. The van der Waals surface area contributed by atoms with Crippen LogP contribution in [-0.2, 0) is 9.59 Å². The minimum Gasteiger partial charge on any atom is -0.507 e. The SMILES string of the molecule is CCCCCOc1ccc(C2/C(=C(\O)c3ccc4c(c3)OCCO4)C(=O)C(=O)N2c2nc3ccc(OC)cc3s2)cc1OCC. The van der Waals surface area contributed by atoms with Crippen molar-refractivity contribution in [3.05, 3.63) is 71.3 Å². The molecule has 1 saturated heterocycles. The van der Waals surface area contributed by atoms with Gasteiger partial charge in [0.15, 0.2) is 28.1 Å². The van der Waals surface area contributed by atoms with Crippen LogP contribution in [0.2, 0.25) is 0 Å². The normalized spacial score (nSPS) is 17.1. The summed E-state index contributed by atoms with van der Waals surface area (Å²) in [6.07, 6.45) is 3.02. The monoisotopic (exact) mass is 630 g/mol. The molecule has 6 rings (SSSR count). The van der Waals surface area contributed by atoms with Gasteiger partial charge < -0.3 is 28.8 Å². The molecule has 2 aliphatic heterocycles. The number of nitrogens with zero attached hydrogens (tertiary/aromatic N) is 2. The number of hydrogen-bond donors (Lipinski definition) is 1. The number of fused-ring (bicyclic) bond motifs is 2. The quantitative estimate of drug-likeness (QED) is 0.0839. The second-order valence-corrected chi connectivity index (χ2v) is 11.6. The number of carbonyl (C=O) groups is 2. The van der Waals surface area contributed by atoms with Gasteiger partial charge in [-0.25, -0.2) is 4.98 Å². The number of methoxy groups -OCH3 is 1. The van der Waals surface area contributed by atoms with Crippen LogP contribution in [0.3, 0.4) is 0 Å².